The first kappa shape index (κ1) is 40.9. The highest BCUT2D eigenvalue weighted by molar-refractivity contribution is 5.99. The number of unbranched alkanes of at least 4 members (excludes halogenated alkanes) is 2. The molecule has 2 aromatic carbocycles. The zero-order chi connectivity index (χ0) is 38.0. The average Bonchev–Trinajstić information content (AvgIpc) is 3.66. The maximum Gasteiger partial charge on any atom is 0.328 e. The number of carbonyl (C=O) groups is 6. The van der Waals surface area contributed by atoms with Crippen LogP contribution >= 0.6 is 0 Å². The maximum atomic E-state index is 13.5. The minimum Gasteiger partial charge on any atom is -0.469 e. The van der Waals surface area contributed by atoms with Crippen LogP contribution in [0.25, 0.3) is 11.3 Å². The van der Waals surface area contributed by atoms with Gasteiger partial charge in [-0.1, -0.05) is 69.5 Å². The van der Waals surface area contributed by atoms with E-state index in [2.05, 4.69) is 27.6 Å². The van der Waals surface area contributed by atoms with Gasteiger partial charge < -0.3 is 29.8 Å². The molecule has 0 saturated heterocycles. The number of hydroxylamine groups is 2. The predicted octanol–water partition coefficient (Wildman–Crippen LogP) is 4.46. The fraction of sp³-hybridized carbons (Fsp3) is 0.421. The second-order valence-electron chi connectivity index (χ2n) is 12.0. The summed E-state index contributed by atoms with van der Waals surface area (Å²) in [7, 11) is 2.32. The van der Waals surface area contributed by atoms with Gasteiger partial charge in [0.05, 0.1) is 39.3 Å². The molecule has 0 aliphatic heterocycles. The average molecular weight is 721 g/mol. The van der Waals surface area contributed by atoms with E-state index in [1.807, 2.05) is 37.3 Å². The molecule has 0 fully saturated rings. The maximum absolute atomic E-state index is 13.5. The normalized spacial score (nSPS) is 12.5. The molecule has 14 nitrogen and oxygen atoms in total. The lowest BCUT2D eigenvalue weighted by Crippen LogP contribution is -2.48. The zero-order valence-electron chi connectivity index (χ0n) is 30.3. The van der Waals surface area contributed by atoms with Gasteiger partial charge in [-0.15, -0.1) is 0 Å². The van der Waals surface area contributed by atoms with Crippen molar-refractivity contribution in [3.8, 4) is 11.3 Å². The number of furan rings is 1. The zero-order valence-corrected chi connectivity index (χ0v) is 30.3. The first-order valence-electron chi connectivity index (χ1n) is 17.2. The molecule has 52 heavy (non-hydrogen) atoms. The Hall–Kier alpha value is -5.50. The monoisotopic (exact) mass is 720 g/mol. The molecule has 3 N–H and O–H groups in total. The SMILES string of the molecule is CCCCCC(C(=O)NCNC(=O)c1ccc(-c2ccc(C(=O)NC(CC(=O)OC)C(=O)OC)c(C)c2)o1)[C@@H](CC)N(C=O)OCc1ccccc1. The number of rotatable bonds is 21. The van der Waals surface area contributed by atoms with E-state index in [4.69, 9.17) is 14.0 Å². The summed E-state index contributed by atoms with van der Waals surface area (Å²) >= 11 is 0. The van der Waals surface area contributed by atoms with Gasteiger partial charge in [0, 0.05) is 11.1 Å². The number of nitrogens with one attached hydrogen (secondary N) is 3. The van der Waals surface area contributed by atoms with Gasteiger partial charge in [0.2, 0.25) is 12.3 Å². The Morgan fingerprint density at radius 1 is 0.904 bits per heavy atom. The van der Waals surface area contributed by atoms with E-state index < -0.39 is 48.2 Å². The highest BCUT2D eigenvalue weighted by Crippen LogP contribution is 2.25. The number of benzene rings is 2. The molecule has 280 valence electrons. The van der Waals surface area contributed by atoms with Crippen molar-refractivity contribution >= 4 is 36.1 Å². The Balaban J connectivity index is 1.62. The van der Waals surface area contributed by atoms with Gasteiger partial charge >= 0.3 is 11.9 Å². The first-order chi connectivity index (χ1) is 25.1. The molecule has 0 bridgehead atoms. The molecular formula is C38H48N4O10. The van der Waals surface area contributed by atoms with Crippen molar-refractivity contribution in [3.63, 3.8) is 0 Å². The molecule has 1 heterocycles. The lowest BCUT2D eigenvalue weighted by molar-refractivity contribution is -0.200. The molecule has 0 spiro atoms. The second kappa shape index (κ2) is 21.0. The molecule has 0 aliphatic rings. The molecule has 3 rings (SSSR count). The number of amides is 4. The molecule has 2 unspecified atom stereocenters. The van der Waals surface area contributed by atoms with Crippen molar-refractivity contribution < 1.29 is 47.5 Å². The van der Waals surface area contributed by atoms with Gasteiger partial charge in [0.1, 0.15) is 18.4 Å². The number of aryl methyl sites for hydroxylation is 1. The predicted molar refractivity (Wildman–Crippen MR) is 190 cm³/mol. The lowest BCUT2D eigenvalue weighted by Gasteiger charge is -2.32. The van der Waals surface area contributed by atoms with Crippen LogP contribution in [0.4, 0.5) is 0 Å². The summed E-state index contributed by atoms with van der Waals surface area (Å²) < 4.78 is 15.1. The van der Waals surface area contributed by atoms with Gasteiger partial charge in [-0.2, -0.15) is 0 Å². The Morgan fingerprint density at radius 3 is 2.29 bits per heavy atom. The van der Waals surface area contributed by atoms with Crippen molar-refractivity contribution in [1.29, 1.82) is 0 Å². The minimum absolute atomic E-state index is 0.000163. The molecular weight excluding hydrogens is 672 g/mol. The third-order valence-corrected chi connectivity index (χ3v) is 8.48. The summed E-state index contributed by atoms with van der Waals surface area (Å²) in [6.07, 6.45) is 3.89. The van der Waals surface area contributed by atoms with Gasteiger partial charge in [-0.05, 0) is 55.2 Å². The van der Waals surface area contributed by atoms with Crippen LogP contribution < -0.4 is 16.0 Å². The minimum atomic E-state index is -1.23. The molecule has 3 aromatic rings. The number of methoxy groups -OCH3 is 2. The summed E-state index contributed by atoms with van der Waals surface area (Å²) in [6.45, 7) is 5.65. The van der Waals surface area contributed by atoms with Crippen molar-refractivity contribution in [2.24, 2.45) is 5.92 Å². The summed E-state index contributed by atoms with van der Waals surface area (Å²) in [6, 6.07) is 15.6. The van der Waals surface area contributed by atoms with E-state index in [0.717, 1.165) is 31.9 Å². The Kier molecular flexibility index (Phi) is 16.5. The van der Waals surface area contributed by atoms with Crippen LogP contribution in [0, 0.1) is 12.8 Å². The number of esters is 2. The van der Waals surface area contributed by atoms with Gasteiger partial charge in [-0.25, -0.2) is 9.86 Å². The first-order valence-corrected chi connectivity index (χ1v) is 17.2. The van der Waals surface area contributed by atoms with E-state index >= 15 is 0 Å². The number of ether oxygens (including phenoxy) is 2. The topological polar surface area (TPSA) is 183 Å². The van der Waals surface area contributed by atoms with Crippen LogP contribution in [-0.2, 0) is 40.1 Å². The molecule has 4 amide bonds. The van der Waals surface area contributed by atoms with Crippen molar-refractivity contribution in [3.05, 3.63) is 83.1 Å². The fourth-order valence-corrected chi connectivity index (χ4v) is 5.62. The van der Waals surface area contributed by atoms with E-state index in [1.165, 1.54) is 24.3 Å². The number of nitrogens with zero attached hydrogens (tertiary/aromatic N) is 1. The summed E-state index contributed by atoms with van der Waals surface area (Å²) in [5.41, 5.74) is 2.26. The summed E-state index contributed by atoms with van der Waals surface area (Å²) in [4.78, 5) is 81.1. The number of carbonyl (C=O) groups excluding carboxylic acids is 6. The third kappa shape index (κ3) is 11.8. The molecule has 14 heteroatoms. The third-order valence-electron chi connectivity index (χ3n) is 8.48. The van der Waals surface area contributed by atoms with Gasteiger partial charge in [0.25, 0.3) is 11.8 Å². The number of hydrogen-bond donors (Lipinski definition) is 3. The van der Waals surface area contributed by atoms with Gasteiger partial charge in [-0.3, -0.25) is 28.8 Å². The molecule has 0 radical (unpaired) electrons. The molecule has 3 atom stereocenters. The van der Waals surface area contributed by atoms with E-state index in [-0.39, 0.29) is 30.5 Å². The highest BCUT2D eigenvalue weighted by Gasteiger charge is 2.32. The lowest BCUT2D eigenvalue weighted by atomic mass is 9.90. The Labute approximate surface area is 303 Å². The summed E-state index contributed by atoms with van der Waals surface area (Å²) in [5, 5.41) is 9.14. The quantitative estimate of drug-likeness (QED) is 0.0467. The largest absolute Gasteiger partial charge is 0.469 e. The Bertz CT molecular complexity index is 1660. The van der Waals surface area contributed by atoms with Crippen LogP contribution in [-0.4, -0.2) is 74.1 Å². The second-order valence-corrected chi connectivity index (χ2v) is 12.0. The molecule has 0 saturated carbocycles. The molecule has 0 aliphatic carbocycles. The van der Waals surface area contributed by atoms with Gasteiger partial charge in [0.15, 0.2) is 5.76 Å². The summed E-state index contributed by atoms with van der Waals surface area (Å²) in [5.74, 6) is -3.17. The highest BCUT2D eigenvalue weighted by atomic mass is 16.7. The number of hydrogen-bond acceptors (Lipinski definition) is 10. The van der Waals surface area contributed by atoms with Crippen LogP contribution in [0.5, 0.6) is 0 Å². The Morgan fingerprint density at radius 2 is 1.65 bits per heavy atom. The van der Waals surface area contributed by atoms with Crippen LogP contribution in [0.3, 0.4) is 0 Å². The fourth-order valence-electron chi connectivity index (χ4n) is 5.62. The van der Waals surface area contributed by atoms with Crippen molar-refractivity contribution in [1.82, 2.24) is 21.0 Å². The van der Waals surface area contributed by atoms with Crippen LogP contribution in [0.15, 0.2) is 65.1 Å². The van der Waals surface area contributed by atoms with E-state index in [9.17, 15) is 28.8 Å². The standard InChI is InChI=1S/C38H48N4O10/c1-6-8-10-15-29(31(7-2)42(24-43)51-22-26-13-11-9-12-14-26)35(45)39-23-40-37(47)33-19-18-32(52-33)27-16-17-28(25(3)20-27)36(46)41-30(38(48)50-5)21-34(44)49-4/h9,11-14,16-20,24,29-31H,6-8,10,15,21-23H2,1-5H3,(H,39,45)(H,40,47)(H,41,46)/t29?,30?,31-/m1/s1. The van der Waals surface area contributed by atoms with Crippen molar-refractivity contribution in [2.75, 3.05) is 20.9 Å². The van der Waals surface area contributed by atoms with E-state index in [0.29, 0.717) is 36.1 Å². The van der Waals surface area contributed by atoms with Crippen LogP contribution in [0.2, 0.25) is 0 Å². The van der Waals surface area contributed by atoms with E-state index in [1.54, 1.807) is 25.1 Å². The molecule has 1 aromatic heterocycles. The smallest absolute Gasteiger partial charge is 0.328 e. The van der Waals surface area contributed by atoms with Crippen LogP contribution in [0.1, 0.15) is 84.4 Å². The van der Waals surface area contributed by atoms with Crippen molar-refractivity contribution in [2.45, 2.75) is 78.0 Å².